The molecular weight excluding hydrogens is 249 g/mol. The van der Waals surface area contributed by atoms with Crippen molar-refractivity contribution in [2.45, 2.75) is 32.0 Å². The molecule has 1 heterocycles. The van der Waals surface area contributed by atoms with E-state index in [1.807, 2.05) is 6.08 Å². The fourth-order valence-electron chi connectivity index (χ4n) is 1.97. The van der Waals surface area contributed by atoms with Gasteiger partial charge in [0.05, 0.1) is 5.69 Å². The van der Waals surface area contributed by atoms with Gasteiger partial charge in [-0.3, -0.25) is 9.48 Å². The molecule has 0 saturated carbocycles. The first-order valence-corrected chi connectivity index (χ1v) is 5.44. The molecule has 1 aromatic heterocycles. The van der Waals surface area contributed by atoms with Crippen LogP contribution in [0.4, 0.5) is 13.2 Å². The van der Waals surface area contributed by atoms with Gasteiger partial charge in [-0.25, -0.2) is 0 Å². The van der Waals surface area contributed by atoms with Crippen molar-refractivity contribution < 1.29 is 23.1 Å². The first kappa shape index (κ1) is 12.7. The molecule has 0 amide bonds. The van der Waals surface area contributed by atoms with Crippen molar-refractivity contribution in [2.75, 3.05) is 0 Å². The van der Waals surface area contributed by atoms with Gasteiger partial charge >= 0.3 is 12.1 Å². The molecule has 0 radical (unpaired) electrons. The van der Waals surface area contributed by atoms with Gasteiger partial charge in [-0.2, -0.15) is 18.3 Å². The van der Waals surface area contributed by atoms with Gasteiger partial charge < -0.3 is 5.11 Å². The number of hydrogen-bond donors (Lipinski definition) is 1. The number of alkyl halides is 3. The van der Waals surface area contributed by atoms with Crippen molar-refractivity contribution >= 4 is 11.5 Å². The molecule has 0 aliphatic heterocycles. The van der Waals surface area contributed by atoms with Gasteiger partial charge in [0.15, 0.2) is 5.69 Å². The van der Waals surface area contributed by atoms with Crippen LogP contribution in [0, 0.1) is 0 Å². The Kier molecular flexibility index (Phi) is 3.14. The van der Waals surface area contributed by atoms with E-state index in [0.717, 1.165) is 29.2 Å². The highest BCUT2D eigenvalue weighted by molar-refractivity contribution is 5.69. The van der Waals surface area contributed by atoms with E-state index in [9.17, 15) is 18.0 Å². The molecule has 0 spiro atoms. The van der Waals surface area contributed by atoms with Gasteiger partial charge in [-0.15, -0.1) is 0 Å². The molecule has 1 aromatic rings. The van der Waals surface area contributed by atoms with Crippen molar-refractivity contribution in [3.05, 3.63) is 23.5 Å². The Bertz CT molecular complexity index is 503. The van der Waals surface area contributed by atoms with Crippen LogP contribution in [0.5, 0.6) is 0 Å². The molecule has 18 heavy (non-hydrogen) atoms. The van der Waals surface area contributed by atoms with Crippen molar-refractivity contribution in [3.8, 4) is 0 Å². The smallest absolute Gasteiger partial charge is 0.435 e. The number of hydrogen-bond acceptors (Lipinski definition) is 2. The lowest BCUT2D eigenvalue weighted by Gasteiger charge is -2.04. The summed E-state index contributed by atoms with van der Waals surface area (Å²) in [6.45, 7) is -0.567. The predicted octanol–water partition coefficient (Wildman–Crippen LogP) is 2.55. The number of halogens is 3. The number of carboxylic acid groups (broad SMARTS) is 1. The Morgan fingerprint density at radius 2 is 2.22 bits per heavy atom. The third kappa shape index (κ3) is 2.55. The highest BCUT2D eigenvalue weighted by atomic mass is 19.4. The van der Waals surface area contributed by atoms with Gasteiger partial charge in [0, 0.05) is 0 Å². The highest BCUT2D eigenvalue weighted by Crippen LogP contribution is 2.33. The molecule has 1 N–H and O–H groups in total. The molecule has 2 rings (SSSR count). The topological polar surface area (TPSA) is 55.1 Å². The Hall–Kier alpha value is -1.79. The van der Waals surface area contributed by atoms with Crippen molar-refractivity contribution in [2.24, 2.45) is 0 Å². The van der Waals surface area contributed by atoms with Crippen LogP contribution in [0.1, 0.15) is 30.7 Å². The van der Waals surface area contributed by atoms with Crippen molar-refractivity contribution in [1.82, 2.24) is 9.78 Å². The maximum Gasteiger partial charge on any atom is 0.435 e. The third-order valence-corrected chi connectivity index (χ3v) is 2.73. The van der Waals surface area contributed by atoms with Gasteiger partial charge in [-0.1, -0.05) is 6.08 Å². The van der Waals surface area contributed by atoms with Crippen LogP contribution in [0.2, 0.25) is 0 Å². The Labute approximate surface area is 101 Å². The van der Waals surface area contributed by atoms with E-state index in [2.05, 4.69) is 5.10 Å². The number of aromatic nitrogens is 2. The van der Waals surface area contributed by atoms with Gasteiger partial charge in [0.1, 0.15) is 6.54 Å². The zero-order valence-electron chi connectivity index (χ0n) is 9.37. The molecule has 98 valence electrons. The van der Waals surface area contributed by atoms with E-state index in [4.69, 9.17) is 5.11 Å². The third-order valence-electron chi connectivity index (χ3n) is 2.73. The van der Waals surface area contributed by atoms with Crippen LogP contribution in [0.25, 0.3) is 5.57 Å². The quantitative estimate of drug-likeness (QED) is 0.908. The average molecular weight is 260 g/mol. The van der Waals surface area contributed by atoms with E-state index in [1.165, 1.54) is 0 Å². The standard InChI is InChI=1S/C11H11F3N2O2/c12-11(13,14)9-5-8(7-3-1-2-4-7)16(15-9)6-10(17)18/h3,5H,1-2,4,6H2,(H,17,18). The second kappa shape index (κ2) is 4.47. The second-order valence-corrected chi connectivity index (χ2v) is 4.09. The lowest BCUT2D eigenvalue weighted by atomic mass is 10.1. The van der Waals surface area contributed by atoms with Crippen LogP contribution < -0.4 is 0 Å². The van der Waals surface area contributed by atoms with E-state index < -0.39 is 24.4 Å². The molecule has 0 atom stereocenters. The Balaban J connectivity index is 2.41. The predicted molar refractivity (Wildman–Crippen MR) is 56.7 cm³/mol. The summed E-state index contributed by atoms with van der Waals surface area (Å²) in [5, 5.41) is 12.0. The minimum Gasteiger partial charge on any atom is -0.480 e. The molecule has 1 aliphatic carbocycles. The maximum absolute atomic E-state index is 12.6. The summed E-state index contributed by atoms with van der Waals surface area (Å²) in [6.07, 6.45) is -0.403. The van der Waals surface area contributed by atoms with Crippen LogP contribution in [-0.2, 0) is 17.5 Å². The number of nitrogens with zero attached hydrogens (tertiary/aromatic N) is 2. The molecule has 0 bridgehead atoms. The SMILES string of the molecule is O=C(O)Cn1nc(C(F)(F)F)cc1C1=CCCC1. The van der Waals surface area contributed by atoms with Crippen molar-refractivity contribution in [1.29, 1.82) is 0 Å². The van der Waals surface area contributed by atoms with Crippen LogP contribution in [0.15, 0.2) is 12.1 Å². The summed E-state index contributed by atoms with van der Waals surface area (Å²) in [6, 6.07) is 0.917. The van der Waals surface area contributed by atoms with Crippen LogP contribution in [0.3, 0.4) is 0 Å². The Morgan fingerprint density at radius 1 is 1.50 bits per heavy atom. The molecule has 0 aromatic carbocycles. The second-order valence-electron chi connectivity index (χ2n) is 4.09. The van der Waals surface area contributed by atoms with Gasteiger partial charge in [0.25, 0.3) is 0 Å². The minimum absolute atomic E-state index is 0.252. The van der Waals surface area contributed by atoms with E-state index in [0.29, 0.717) is 6.42 Å². The molecule has 1 aliphatic rings. The largest absolute Gasteiger partial charge is 0.480 e. The van der Waals surface area contributed by atoms with Gasteiger partial charge in [-0.05, 0) is 30.9 Å². The van der Waals surface area contributed by atoms with E-state index in [1.54, 1.807) is 0 Å². The minimum atomic E-state index is -4.56. The fourth-order valence-corrected chi connectivity index (χ4v) is 1.97. The average Bonchev–Trinajstić information content (AvgIpc) is 2.81. The number of allylic oxidation sites excluding steroid dienone is 2. The lowest BCUT2D eigenvalue weighted by Crippen LogP contribution is -2.14. The summed E-state index contributed by atoms with van der Waals surface area (Å²) in [5.41, 5.74) is -0.0620. The molecule has 7 heteroatoms. The van der Waals surface area contributed by atoms with Crippen molar-refractivity contribution in [3.63, 3.8) is 0 Å². The molecule has 0 fully saturated rings. The summed E-state index contributed by atoms with van der Waals surface area (Å²) >= 11 is 0. The maximum atomic E-state index is 12.6. The lowest BCUT2D eigenvalue weighted by molar-refractivity contribution is -0.143. The zero-order chi connectivity index (χ0) is 13.3. The van der Waals surface area contributed by atoms with Gasteiger partial charge in [0.2, 0.25) is 0 Å². The highest BCUT2D eigenvalue weighted by Gasteiger charge is 2.35. The normalized spacial score (nSPS) is 15.8. The summed E-state index contributed by atoms with van der Waals surface area (Å²) in [4.78, 5) is 10.6. The monoisotopic (exact) mass is 260 g/mol. The summed E-state index contributed by atoms with van der Waals surface area (Å²) < 4.78 is 38.6. The molecule has 0 unspecified atom stereocenters. The number of rotatable bonds is 3. The summed E-state index contributed by atoms with van der Waals surface area (Å²) in [7, 11) is 0. The number of carbonyl (C=O) groups is 1. The molecule has 4 nitrogen and oxygen atoms in total. The summed E-state index contributed by atoms with van der Waals surface area (Å²) in [5.74, 6) is -1.22. The number of carboxylic acids is 1. The van der Waals surface area contributed by atoms with Crippen LogP contribution in [-0.4, -0.2) is 20.9 Å². The molecule has 0 saturated heterocycles. The van der Waals surface area contributed by atoms with E-state index >= 15 is 0 Å². The molecular formula is C11H11F3N2O2. The number of aliphatic carboxylic acids is 1. The zero-order valence-corrected chi connectivity index (χ0v) is 9.37. The first-order chi connectivity index (χ1) is 8.38. The van der Waals surface area contributed by atoms with E-state index in [-0.39, 0.29) is 5.69 Å². The first-order valence-electron chi connectivity index (χ1n) is 5.44. The fraction of sp³-hybridized carbons (Fsp3) is 0.455. The Morgan fingerprint density at radius 3 is 2.72 bits per heavy atom. The van der Waals surface area contributed by atoms with Crippen LogP contribution >= 0.6 is 0 Å².